The van der Waals surface area contributed by atoms with Gasteiger partial charge in [-0.1, -0.05) is 50.2 Å². The van der Waals surface area contributed by atoms with Gasteiger partial charge in [0, 0.05) is 5.69 Å². The number of anilines is 1. The van der Waals surface area contributed by atoms with E-state index in [2.05, 4.69) is 19.2 Å². The number of aryl methyl sites for hydroxylation is 1. The number of benzene rings is 2. The van der Waals surface area contributed by atoms with Crippen LogP contribution in [0, 0.1) is 6.92 Å². The number of hydrogen-bond acceptors (Lipinski definition) is 2. The summed E-state index contributed by atoms with van der Waals surface area (Å²) in [6, 6.07) is 12.5. The molecule has 0 atom stereocenters. The molecular formula is C19H21NO3. The zero-order valence-electron chi connectivity index (χ0n) is 13.6. The van der Waals surface area contributed by atoms with Crippen LogP contribution in [-0.4, -0.2) is 17.0 Å². The number of nitrogens with one attached hydrogen (secondary N) is 1. The van der Waals surface area contributed by atoms with E-state index in [-0.39, 0.29) is 23.8 Å². The molecule has 0 bridgehead atoms. The number of carboxylic acids is 1. The SMILES string of the molecule is Cc1cccc(C(C)C)c1NC(=O)Cc1ccccc1C(=O)O. The summed E-state index contributed by atoms with van der Waals surface area (Å²) >= 11 is 0. The number of rotatable bonds is 5. The van der Waals surface area contributed by atoms with Gasteiger partial charge in [0.25, 0.3) is 0 Å². The molecule has 4 nitrogen and oxygen atoms in total. The van der Waals surface area contributed by atoms with Crippen LogP contribution in [-0.2, 0) is 11.2 Å². The zero-order valence-corrected chi connectivity index (χ0v) is 13.6. The maximum Gasteiger partial charge on any atom is 0.335 e. The van der Waals surface area contributed by atoms with Gasteiger partial charge in [-0.25, -0.2) is 4.79 Å². The number of carbonyl (C=O) groups excluding carboxylic acids is 1. The first-order valence-electron chi connectivity index (χ1n) is 7.60. The van der Waals surface area contributed by atoms with Gasteiger partial charge < -0.3 is 10.4 Å². The Bertz CT molecular complexity index is 735. The Morgan fingerprint density at radius 2 is 1.78 bits per heavy atom. The highest BCUT2D eigenvalue weighted by Gasteiger charge is 2.15. The van der Waals surface area contributed by atoms with Crippen molar-refractivity contribution in [1.82, 2.24) is 0 Å². The fraction of sp³-hybridized carbons (Fsp3) is 0.263. The summed E-state index contributed by atoms with van der Waals surface area (Å²) in [4.78, 5) is 23.6. The van der Waals surface area contributed by atoms with Crippen LogP contribution >= 0.6 is 0 Å². The molecule has 0 aliphatic carbocycles. The lowest BCUT2D eigenvalue weighted by molar-refractivity contribution is -0.115. The fourth-order valence-corrected chi connectivity index (χ4v) is 2.58. The molecule has 0 spiro atoms. The average Bonchev–Trinajstić information content (AvgIpc) is 2.49. The summed E-state index contributed by atoms with van der Waals surface area (Å²) < 4.78 is 0. The van der Waals surface area contributed by atoms with Crippen molar-refractivity contribution < 1.29 is 14.7 Å². The lowest BCUT2D eigenvalue weighted by atomic mass is 9.97. The third-order valence-corrected chi connectivity index (χ3v) is 3.79. The van der Waals surface area contributed by atoms with Gasteiger partial charge in [0.05, 0.1) is 12.0 Å². The highest BCUT2D eigenvalue weighted by molar-refractivity contribution is 5.97. The van der Waals surface area contributed by atoms with Gasteiger partial charge in [-0.2, -0.15) is 0 Å². The van der Waals surface area contributed by atoms with E-state index in [0.717, 1.165) is 16.8 Å². The minimum atomic E-state index is -1.02. The van der Waals surface area contributed by atoms with Crippen molar-refractivity contribution in [3.8, 4) is 0 Å². The van der Waals surface area contributed by atoms with Crippen molar-refractivity contribution in [2.24, 2.45) is 0 Å². The Morgan fingerprint density at radius 1 is 1.09 bits per heavy atom. The topological polar surface area (TPSA) is 66.4 Å². The minimum Gasteiger partial charge on any atom is -0.478 e. The van der Waals surface area contributed by atoms with Crippen molar-refractivity contribution in [3.63, 3.8) is 0 Å². The zero-order chi connectivity index (χ0) is 17.0. The van der Waals surface area contributed by atoms with E-state index in [4.69, 9.17) is 0 Å². The monoisotopic (exact) mass is 311 g/mol. The predicted molar refractivity (Wildman–Crippen MR) is 91.0 cm³/mol. The lowest BCUT2D eigenvalue weighted by Gasteiger charge is -2.16. The molecule has 0 aliphatic rings. The largest absolute Gasteiger partial charge is 0.478 e. The van der Waals surface area contributed by atoms with Gasteiger partial charge in [-0.15, -0.1) is 0 Å². The summed E-state index contributed by atoms with van der Waals surface area (Å²) in [7, 11) is 0. The molecule has 0 saturated carbocycles. The van der Waals surface area contributed by atoms with Gasteiger partial charge in [0.1, 0.15) is 0 Å². The second-order valence-corrected chi connectivity index (χ2v) is 5.88. The fourth-order valence-electron chi connectivity index (χ4n) is 2.58. The van der Waals surface area contributed by atoms with Gasteiger partial charge >= 0.3 is 5.97 Å². The Morgan fingerprint density at radius 3 is 2.43 bits per heavy atom. The molecule has 0 aliphatic heterocycles. The molecule has 0 fully saturated rings. The summed E-state index contributed by atoms with van der Waals surface area (Å²) in [6.45, 7) is 6.10. The molecule has 0 unspecified atom stereocenters. The number of hydrogen-bond donors (Lipinski definition) is 2. The average molecular weight is 311 g/mol. The number of carbonyl (C=O) groups is 2. The molecule has 0 saturated heterocycles. The van der Waals surface area contributed by atoms with E-state index < -0.39 is 5.97 Å². The first kappa shape index (κ1) is 16.7. The molecule has 120 valence electrons. The molecular weight excluding hydrogens is 290 g/mol. The van der Waals surface area contributed by atoms with Gasteiger partial charge in [0.15, 0.2) is 0 Å². The van der Waals surface area contributed by atoms with Crippen LogP contribution in [0.4, 0.5) is 5.69 Å². The molecule has 23 heavy (non-hydrogen) atoms. The Labute approximate surface area is 136 Å². The van der Waals surface area contributed by atoms with Crippen LogP contribution in [0.2, 0.25) is 0 Å². The van der Waals surface area contributed by atoms with Gasteiger partial charge in [-0.3, -0.25) is 4.79 Å². The normalized spacial score (nSPS) is 10.6. The second-order valence-electron chi connectivity index (χ2n) is 5.88. The lowest BCUT2D eigenvalue weighted by Crippen LogP contribution is -2.18. The van der Waals surface area contributed by atoms with Crippen molar-refractivity contribution >= 4 is 17.6 Å². The van der Waals surface area contributed by atoms with Crippen LogP contribution < -0.4 is 5.32 Å². The molecule has 4 heteroatoms. The molecule has 0 aromatic heterocycles. The summed E-state index contributed by atoms with van der Waals surface area (Å²) in [6.07, 6.45) is 0.0361. The second kappa shape index (κ2) is 7.09. The van der Waals surface area contributed by atoms with E-state index in [1.807, 2.05) is 25.1 Å². The number of aromatic carboxylic acids is 1. The predicted octanol–water partition coefficient (Wildman–Crippen LogP) is 4.00. The molecule has 0 heterocycles. The van der Waals surface area contributed by atoms with Crippen LogP contribution in [0.3, 0.4) is 0 Å². The summed E-state index contributed by atoms with van der Waals surface area (Å²) in [5.41, 5.74) is 3.56. The van der Waals surface area contributed by atoms with E-state index in [1.165, 1.54) is 6.07 Å². The van der Waals surface area contributed by atoms with Crippen molar-refractivity contribution in [3.05, 3.63) is 64.7 Å². The van der Waals surface area contributed by atoms with Gasteiger partial charge in [-0.05, 0) is 35.6 Å². The molecule has 0 radical (unpaired) electrons. The first-order chi connectivity index (χ1) is 10.9. The van der Waals surface area contributed by atoms with Crippen LogP contribution in [0.5, 0.6) is 0 Å². The molecule has 1 amide bonds. The maximum atomic E-state index is 12.4. The standard InChI is InChI=1S/C19H21NO3/c1-12(2)15-10-6-7-13(3)18(15)20-17(21)11-14-8-4-5-9-16(14)19(22)23/h4-10,12H,11H2,1-3H3,(H,20,21)(H,22,23). The minimum absolute atomic E-state index is 0.0361. The maximum absolute atomic E-state index is 12.4. The Balaban J connectivity index is 2.23. The van der Waals surface area contributed by atoms with Gasteiger partial charge in [0.2, 0.25) is 5.91 Å². The molecule has 2 rings (SSSR count). The molecule has 2 N–H and O–H groups in total. The van der Waals surface area contributed by atoms with Crippen LogP contribution in [0.15, 0.2) is 42.5 Å². The number of amides is 1. The smallest absolute Gasteiger partial charge is 0.335 e. The van der Waals surface area contributed by atoms with E-state index in [0.29, 0.717) is 5.56 Å². The summed E-state index contributed by atoms with van der Waals surface area (Å²) in [5.74, 6) is -0.946. The van der Waals surface area contributed by atoms with Crippen LogP contribution in [0.1, 0.15) is 46.8 Å². The third-order valence-electron chi connectivity index (χ3n) is 3.79. The number of carboxylic acid groups (broad SMARTS) is 1. The third kappa shape index (κ3) is 3.97. The van der Waals surface area contributed by atoms with Crippen LogP contribution in [0.25, 0.3) is 0 Å². The Hall–Kier alpha value is -2.62. The van der Waals surface area contributed by atoms with Crippen molar-refractivity contribution in [2.75, 3.05) is 5.32 Å². The Kier molecular flexibility index (Phi) is 5.16. The highest BCUT2D eigenvalue weighted by atomic mass is 16.4. The van der Waals surface area contributed by atoms with Crippen molar-refractivity contribution in [2.45, 2.75) is 33.1 Å². The number of para-hydroxylation sites is 1. The quantitative estimate of drug-likeness (QED) is 0.877. The molecule has 2 aromatic carbocycles. The molecule has 2 aromatic rings. The highest BCUT2D eigenvalue weighted by Crippen LogP contribution is 2.27. The first-order valence-corrected chi connectivity index (χ1v) is 7.60. The van der Waals surface area contributed by atoms with Crippen molar-refractivity contribution in [1.29, 1.82) is 0 Å². The van der Waals surface area contributed by atoms with E-state index in [1.54, 1.807) is 18.2 Å². The summed E-state index contributed by atoms with van der Waals surface area (Å²) in [5, 5.41) is 12.1. The van der Waals surface area contributed by atoms with E-state index in [9.17, 15) is 14.7 Å². The van der Waals surface area contributed by atoms with E-state index >= 15 is 0 Å².